The molecule has 0 saturated heterocycles. The first-order valence-electron chi connectivity index (χ1n) is 11.8. The lowest BCUT2D eigenvalue weighted by Gasteiger charge is -2.24. The van der Waals surface area contributed by atoms with E-state index in [4.69, 9.17) is 28.3 Å². The van der Waals surface area contributed by atoms with Gasteiger partial charge in [-0.05, 0) is 83.9 Å². The predicted octanol–water partition coefficient (Wildman–Crippen LogP) is 9.40. The van der Waals surface area contributed by atoms with E-state index in [0.717, 1.165) is 50.1 Å². The van der Waals surface area contributed by atoms with Gasteiger partial charge >= 0.3 is 0 Å². The molecule has 0 aliphatic carbocycles. The number of hydrogen-bond acceptors (Lipinski definition) is 4. The monoisotopic (exact) mass is 586 g/mol. The smallest absolute Gasteiger partial charge is 0.0831 e. The van der Waals surface area contributed by atoms with Gasteiger partial charge in [0.15, 0.2) is 0 Å². The molecule has 2 heterocycles. The summed E-state index contributed by atoms with van der Waals surface area (Å²) >= 11 is 15.8. The zero-order chi connectivity index (χ0) is 25.4. The molecule has 0 saturated carbocycles. The number of hydrogen-bond donors (Lipinski definition) is 1. The SMILES string of the molecule is Clc1ccc(N2N=C(c3ccc(Nc4ccnc5cc(Cl)ccc45)cc3)CC2c2ccc(Br)cc2)cc1. The third-order valence-electron chi connectivity index (χ3n) is 6.46. The molecular weight excluding hydrogens is 567 g/mol. The number of anilines is 3. The number of rotatable bonds is 5. The van der Waals surface area contributed by atoms with Crippen molar-refractivity contribution in [1.82, 2.24) is 4.98 Å². The van der Waals surface area contributed by atoms with Crippen LogP contribution < -0.4 is 10.3 Å². The minimum atomic E-state index is 0.0945. The van der Waals surface area contributed by atoms with Crippen molar-refractivity contribution in [3.63, 3.8) is 0 Å². The van der Waals surface area contributed by atoms with E-state index in [-0.39, 0.29) is 6.04 Å². The number of benzene rings is 4. The summed E-state index contributed by atoms with van der Waals surface area (Å²) in [5.74, 6) is 0. The van der Waals surface area contributed by atoms with Gasteiger partial charge in [0.1, 0.15) is 0 Å². The largest absolute Gasteiger partial charge is 0.355 e. The van der Waals surface area contributed by atoms with Gasteiger partial charge in [0, 0.05) is 43.9 Å². The summed E-state index contributed by atoms with van der Waals surface area (Å²) in [6.07, 6.45) is 2.59. The zero-order valence-electron chi connectivity index (χ0n) is 19.6. The Morgan fingerprint density at radius 3 is 2.30 bits per heavy atom. The van der Waals surface area contributed by atoms with Gasteiger partial charge in [0.25, 0.3) is 0 Å². The highest BCUT2D eigenvalue weighted by Gasteiger charge is 2.30. The summed E-state index contributed by atoms with van der Waals surface area (Å²) < 4.78 is 1.06. The number of nitrogens with zero attached hydrogens (tertiary/aromatic N) is 3. The van der Waals surface area contributed by atoms with E-state index in [1.807, 2.05) is 48.5 Å². The van der Waals surface area contributed by atoms with Crippen LogP contribution in [-0.2, 0) is 0 Å². The Bertz CT molecular complexity index is 1600. The summed E-state index contributed by atoms with van der Waals surface area (Å²) in [6, 6.07) is 32.5. The van der Waals surface area contributed by atoms with Gasteiger partial charge in [0.05, 0.1) is 23.0 Å². The zero-order valence-corrected chi connectivity index (χ0v) is 22.7. The fourth-order valence-corrected chi connectivity index (χ4v) is 5.15. The molecule has 0 amide bonds. The molecular formula is C30H21BrCl2N4. The molecule has 1 aromatic heterocycles. The fourth-order valence-electron chi connectivity index (χ4n) is 4.59. The van der Waals surface area contributed by atoms with E-state index in [1.54, 1.807) is 6.20 Å². The maximum atomic E-state index is 6.15. The van der Waals surface area contributed by atoms with Gasteiger partial charge in [-0.15, -0.1) is 0 Å². The fraction of sp³-hybridized carbons (Fsp3) is 0.0667. The van der Waals surface area contributed by atoms with Crippen LogP contribution in [0, 0.1) is 0 Å². The highest BCUT2D eigenvalue weighted by Crippen LogP contribution is 2.38. The van der Waals surface area contributed by atoms with Crippen LogP contribution in [0.1, 0.15) is 23.6 Å². The molecule has 1 aliphatic rings. The molecule has 0 spiro atoms. The Morgan fingerprint density at radius 1 is 0.811 bits per heavy atom. The summed E-state index contributed by atoms with van der Waals surface area (Å²) in [5.41, 5.74) is 7.18. The van der Waals surface area contributed by atoms with Gasteiger partial charge in [0.2, 0.25) is 0 Å². The molecule has 182 valence electrons. The highest BCUT2D eigenvalue weighted by molar-refractivity contribution is 9.10. The third kappa shape index (κ3) is 5.08. The van der Waals surface area contributed by atoms with E-state index < -0.39 is 0 Å². The van der Waals surface area contributed by atoms with Crippen LogP contribution in [-0.4, -0.2) is 10.7 Å². The average Bonchev–Trinajstić information content (AvgIpc) is 3.35. The summed E-state index contributed by atoms with van der Waals surface area (Å²) in [5, 5.41) is 13.1. The number of hydrazone groups is 1. The molecule has 0 bridgehead atoms. The molecule has 1 unspecified atom stereocenters. The van der Waals surface area contributed by atoms with Crippen molar-refractivity contribution < 1.29 is 0 Å². The van der Waals surface area contributed by atoms with Crippen molar-refractivity contribution in [2.45, 2.75) is 12.5 Å². The molecule has 1 aliphatic heterocycles. The lowest BCUT2D eigenvalue weighted by molar-refractivity contribution is 0.709. The van der Waals surface area contributed by atoms with Crippen LogP contribution in [0.2, 0.25) is 10.0 Å². The number of fused-ring (bicyclic) bond motifs is 1. The average molecular weight is 588 g/mol. The Kier molecular flexibility index (Phi) is 6.59. The van der Waals surface area contributed by atoms with Crippen LogP contribution in [0.3, 0.4) is 0 Å². The molecule has 37 heavy (non-hydrogen) atoms. The van der Waals surface area contributed by atoms with Crippen molar-refractivity contribution in [2.24, 2.45) is 5.10 Å². The molecule has 0 fully saturated rings. The third-order valence-corrected chi connectivity index (χ3v) is 7.47. The first-order valence-corrected chi connectivity index (χ1v) is 13.4. The van der Waals surface area contributed by atoms with Crippen molar-refractivity contribution >= 4 is 72.8 Å². The molecule has 4 aromatic carbocycles. The van der Waals surface area contributed by atoms with Gasteiger partial charge < -0.3 is 5.32 Å². The topological polar surface area (TPSA) is 40.5 Å². The normalized spacial score (nSPS) is 15.2. The maximum Gasteiger partial charge on any atom is 0.0831 e. The van der Waals surface area contributed by atoms with Gasteiger partial charge in [-0.25, -0.2) is 0 Å². The number of aromatic nitrogens is 1. The van der Waals surface area contributed by atoms with E-state index in [9.17, 15) is 0 Å². The van der Waals surface area contributed by atoms with Crippen LogP contribution in [0.4, 0.5) is 17.1 Å². The quantitative estimate of drug-likeness (QED) is 0.223. The maximum absolute atomic E-state index is 6.15. The molecule has 7 heteroatoms. The summed E-state index contributed by atoms with van der Waals surface area (Å²) in [7, 11) is 0. The summed E-state index contributed by atoms with van der Waals surface area (Å²) in [4.78, 5) is 4.43. The van der Waals surface area contributed by atoms with Crippen molar-refractivity contribution in [3.8, 4) is 0 Å². The van der Waals surface area contributed by atoms with Crippen molar-refractivity contribution in [2.75, 3.05) is 10.3 Å². The van der Waals surface area contributed by atoms with Crippen LogP contribution in [0.25, 0.3) is 10.9 Å². The standard InChI is InChI=1S/C30H21BrCl2N4/c31-21-5-1-20(2-6-21)30-18-28(36-37(30)25-12-7-22(32)8-13-25)19-3-10-24(11-4-19)35-27-15-16-34-29-17-23(33)9-14-26(27)29/h1-17,30H,18H2,(H,34,35). The minimum Gasteiger partial charge on any atom is -0.355 e. The van der Waals surface area contributed by atoms with Crippen LogP contribution in [0.15, 0.2) is 113 Å². The first kappa shape index (κ1) is 24.0. The van der Waals surface area contributed by atoms with E-state index in [2.05, 4.69) is 79.8 Å². The van der Waals surface area contributed by atoms with Gasteiger partial charge in [-0.1, -0.05) is 63.4 Å². The predicted molar refractivity (Wildman–Crippen MR) is 158 cm³/mol. The van der Waals surface area contributed by atoms with Crippen LogP contribution >= 0.6 is 39.1 Å². The first-order chi connectivity index (χ1) is 18.0. The molecule has 4 nitrogen and oxygen atoms in total. The molecule has 1 N–H and O–H groups in total. The second-order valence-electron chi connectivity index (χ2n) is 8.86. The van der Waals surface area contributed by atoms with E-state index in [0.29, 0.717) is 10.0 Å². The minimum absolute atomic E-state index is 0.0945. The Balaban J connectivity index is 1.28. The molecule has 5 aromatic rings. The second kappa shape index (κ2) is 10.2. The lowest BCUT2D eigenvalue weighted by Crippen LogP contribution is -2.18. The molecule has 6 rings (SSSR count). The van der Waals surface area contributed by atoms with Gasteiger partial charge in [-0.3, -0.25) is 9.99 Å². The second-order valence-corrected chi connectivity index (χ2v) is 10.7. The van der Waals surface area contributed by atoms with E-state index in [1.165, 1.54) is 5.56 Å². The van der Waals surface area contributed by atoms with Crippen molar-refractivity contribution in [3.05, 3.63) is 129 Å². The Hall–Kier alpha value is -3.38. The number of pyridine rings is 1. The molecule has 0 radical (unpaired) electrons. The van der Waals surface area contributed by atoms with Gasteiger partial charge in [-0.2, -0.15) is 5.10 Å². The van der Waals surface area contributed by atoms with Crippen molar-refractivity contribution in [1.29, 1.82) is 0 Å². The van der Waals surface area contributed by atoms with Crippen LogP contribution in [0.5, 0.6) is 0 Å². The number of halogens is 3. The lowest BCUT2D eigenvalue weighted by atomic mass is 9.98. The highest BCUT2D eigenvalue weighted by atomic mass is 79.9. The molecule has 1 atom stereocenters. The number of nitrogens with one attached hydrogen (secondary N) is 1. The Labute approximate surface area is 233 Å². The van der Waals surface area contributed by atoms with E-state index >= 15 is 0 Å². The summed E-state index contributed by atoms with van der Waals surface area (Å²) in [6.45, 7) is 0. The Morgan fingerprint density at radius 2 is 1.54 bits per heavy atom.